The van der Waals surface area contributed by atoms with E-state index < -0.39 is 0 Å². The SMILES string of the molecule is COc1cccc(OC)c1OCCNCc1ccccn1. The molecule has 0 aliphatic heterocycles. The molecule has 0 amide bonds. The fourth-order valence-electron chi connectivity index (χ4n) is 1.90. The van der Waals surface area contributed by atoms with Gasteiger partial charge < -0.3 is 19.5 Å². The number of nitrogens with one attached hydrogen (secondary N) is 1. The Kier molecular flexibility index (Phi) is 5.84. The van der Waals surface area contributed by atoms with Gasteiger partial charge in [0.25, 0.3) is 0 Å². The first-order chi connectivity index (χ1) is 10.3. The van der Waals surface area contributed by atoms with Gasteiger partial charge >= 0.3 is 0 Å². The van der Waals surface area contributed by atoms with Crippen LogP contribution in [0.2, 0.25) is 0 Å². The van der Waals surface area contributed by atoms with Crippen molar-refractivity contribution in [1.29, 1.82) is 0 Å². The Morgan fingerprint density at radius 2 is 1.76 bits per heavy atom. The molecule has 0 atom stereocenters. The Morgan fingerprint density at radius 1 is 1.00 bits per heavy atom. The van der Waals surface area contributed by atoms with E-state index in [1.54, 1.807) is 20.4 Å². The fourth-order valence-corrected chi connectivity index (χ4v) is 1.90. The summed E-state index contributed by atoms with van der Waals surface area (Å²) in [5.41, 5.74) is 1.01. The van der Waals surface area contributed by atoms with Crippen LogP contribution in [-0.4, -0.2) is 32.4 Å². The van der Waals surface area contributed by atoms with E-state index in [0.29, 0.717) is 36.9 Å². The lowest BCUT2D eigenvalue weighted by molar-refractivity contribution is 0.273. The van der Waals surface area contributed by atoms with Crippen molar-refractivity contribution in [3.63, 3.8) is 0 Å². The molecular weight excluding hydrogens is 268 g/mol. The van der Waals surface area contributed by atoms with E-state index in [-0.39, 0.29) is 0 Å². The second-order valence-electron chi connectivity index (χ2n) is 4.34. The van der Waals surface area contributed by atoms with Crippen LogP contribution in [0.15, 0.2) is 42.6 Å². The number of hydrogen-bond acceptors (Lipinski definition) is 5. The average molecular weight is 288 g/mol. The topological polar surface area (TPSA) is 52.6 Å². The molecule has 21 heavy (non-hydrogen) atoms. The third-order valence-electron chi connectivity index (χ3n) is 2.94. The monoisotopic (exact) mass is 288 g/mol. The molecule has 1 N–H and O–H groups in total. The standard InChI is InChI=1S/C16H20N2O3/c1-19-14-7-5-8-15(20-2)16(14)21-11-10-17-12-13-6-3-4-9-18-13/h3-9,17H,10-12H2,1-2H3. The highest BCUT2D eigenvalue weighted by Gasteiger charge is 2.10. The fraction of sp³-hybridized carbons (Fsp3) is 0.312. The van der Waals surface area contributed by atoms with Gasteiger partial charge in [0.05, 0.1) is 19.9 Å². The number of nitrogens with zero attached hydrogens (tertiary/aromatic N) is 1. The summed E-state index contributed by atoms with van der Waals surface area (Å²) in [6, 6.07) is 11.4. The van der Waals surface area contributed by atoms with Crippen molar-refractivity contribution in [3.8, 4) is 17.2 Å². The van der Waals surface area contributed by atoms with Crippen LogP contribution in [0.4, 0.5) is 0 Å². The number of hydrogen-bond donors (Lipinski definition) is 1. The maximum atomic E-state index is 5.76. The van der Waals surface area contributed by atoms with Crippen molar-refractivity contribution in [3.05, 3.63) is 48.3 Å². The van der Waals surface area contributed by atoms with Gasteiger partial charge in [-0.05, 0) is 24.3 Å². The third-order valence-corrected chi connectivity index (χ3v) is 2.94. The van der Waals surface area contributed by atoms with Crippen LogP contribution in [0.3, 0.4) is 0 Å². The molecule has 1 aromatic heterocycles. The van der Waals surface area contributed by atoms with Gasteiger partial charge in [0.2, 0.25) is 5.75 Å². The molecule has 0 fully saturated rings. The van der Waals surface area contributed by atoms with Gasteiger partial charge in [-0.1, -0.05) is 12.1 Å². The zero-order valence-electron chi connectivity index (χ0n) is 12.3. The van der Waals surface area contributed by atoms with Crippen molar-refractivity contribution < 1.29 is 14.2 Å². The Morgan fingerprint density at radius 3 is 2.38 bits per heavy atom. The van der Waals surface area contributed by atoms with Gasteiger partial charge in [-0.25, -0.2) is 0 Å². The van der Waals surface area contributed by atoms with Crippen molar-refractivity contribution in [2.24, 2.45) is 0 Å². The number of benzene rings is 1. The first kappa shape index (κ1) is 15.1. The molecule has 1 heterocycles. The number of aromatic nitrogens is 1. The minimum absolute atomic E-state index is 0.517. The van der Waals surface area contributed by atoms with E-state index in [1.165, 1.54) is 0 Å². The minimum Gasteiger partial charge on any atom is -0.493 e. The van der Waals surface area contributed by atoms with Crippen molar-refractivity contribution in [1.82, 2.24) is 10.3 Å². The smallest absolute Gasteiger partial charge is 0.203 e. The molecule has 1 aromatic carbocycles. The summed E-state index contributed by atoms with van der Waals surface area (Å²) >= 11 is 0. The molecular formula is C16H20N2O3. The first-order valence-electron chi connectivity index (χ1n) is 6.79. The average Bonchev–Trinajstić information content (AvgIpc) is 2.55. The van der Waals surface area contributed by atoms with Crippen LogP contribution in [0.1, 0.15) is 5.69 Å². The maximum Gasteiger partial charge on any atom is 0.203 e. The molecule has 2 rings (SSSR count). The molecule has 2 aromatic rings. The van der Waals surface area contributed by atoms with E-state index in [4.69, 9.17) is 14.2 Å². The number of methoxy groups -OCH3 is 2. The van der Waals surface area contributed by atoms with Crippen molar-refractivity contribution in [2.75, 3.05) is 27.4 Å². The van der Waals surface area contributed by atoms with E-state index in [2.05, 4.69) is 10.3 Å². The molecule has 0 saturated heterocycles. The second-order valence-corrected chi connectivity index (χ2v) is 4.34. The summed E-state index contributed by atoms with van der Waals surface area (Å²) < 4.78 is 16.3. The van der Waals surface area contributed by atoms with Crippen LogP contribution in [0.25, 0.3) is 0 Å². The lowest BCUT2D eigenvalue weighted by Crippen LogP contribution is -2.21. The molecule has 5 heteroatoms. The second kappa shape index (κ2) is 8.11. The summed E-state index contributed by atoms with van der Waals surface area (Å²) in [7, 11) is 3.22. The van der Waals surface area contributed by atoms with Crippen LogP contribution >= 0.6 is 0 Å². The predicted molar refractivity (Wildman–Crippen MR) is 81.0 cm³/mol. The minimum atomic E-state index is 0.517. The number of para-hydroxylation sites is 1. The van der Waals surface area contributed by atoms with E-state index in [9.17, 15) is 0 Å². The first-order valence-corrected chi connectivity index (χ1v) is 6.79. The number of ether oxygens (including phenoxy) is 3. The largest absolute Gasteiger partial charge is 0.493 e. The summed E-state index contributed by atoms with van der Waals surface area (Å²) in [5.74, 6) is 1.96. The predicted octanol–water partition coefficient (Wildman–Crippen LogP) is 2.27. The number of rotatable bonds is 8. The zero-order chi connectivity index (χ0) is 14.9. The highest BCUT2D eigenvalue weighted by Crippen LogP contribution is 2.36. The number of pyridine rings is 1. The molecule has 0 bridgehead atoms. The maximum absolute atomic E-state index is 5.76. The van der Waals surface area contributed by atoms with Gasteiger partial charge in [0, 0.05) is 19.3 Å². The summed E-state index contributed by atoms with van der Waals surface area (Å²) in [4.78, 5) is 4.25. The summed E-state index contributed by atoms with van der Waals surface area (Å²) in [5, 5.41) is 3.28. The van der Waals surface area contributed by atoms with Crippen molar-refractivity contribution in [2.45, 2.75) is 6.54 Å². The lowest BCUT2D eigenvalue weighted by atomic mass is 10.3. The van der Waals surface area contributed by atoms with E-state index >= 15 is 0 Å². The van der Waals surface area contributed by atoms with Gasteiger partial charge in [0.15, 0.2) is 11.5 Å². The van der Waals surface area contributed by atoms with E-state index in [0.717, 1.165) is 5.69 Å². The zero-order valence-corrected chi connectivity index (χ0v) is 12.3. The highest BCUT2D eigenvalue weighted by molar-refractivity contribution is 5.51. The quantitative estimate of drug-likeness (QED) is 0.755. The molecule has 0 radical (unpaired) electrons. The summed E-state index contributed by atoms with van der Waals surface area (Å²) in [6.07, 6.45) is 1.78. The normalized spacial score (nSPS) is 10.2. The van der Waals surface area contributed by atoms with Gasteiger partial charge in [-0.2, -0.15) is 0 Å². The molecule has 0 aliphatic rings. The molecule has 0 unspecified atom stereocenters. The Hall–Kier alpha value is -2.27. The van der Waals surface area contributed by atoms with E-state index in [1.807, 2.05) is 36.4 Å². The molecule has 5 nitrogen and oxygen atoms in total. The molecule has 0 saturated carbocycles. The van der Waals surface area contributed by atoms with Crippen LogP contribution in [0, 0.1) is 0 Å². The van der Waals surface area contributed by atoms with Gasteiger partial charge in [0.1, 0.15) is 6.61 Å². The third kappa shape index (κ3) is 4.36. The molecule has 112 valence electrons. The summed E-state index contributed by atoms with van der Waals surface area (Å²) in [6.45, 7) is 1.94. The molecule has 0 spiro atoms. The van der Waals surface area contributed by atoms with Crippen LogP contribution < -0.4 is 19.5 Å². The molecule has 0 aliphatic carbocycles. The van der Waals surface area contributed by atoms with Crippen molar-refractivity contribution >= 4 is 0 Å². The Labute approximate surface area is 124 Å². The van der Waals surface area contributed by atoms with Gasteiger partial charge in [-0.3, -0.25) is 4.98 Å². The Balaban J connectivity index is 1.81. The Bertz CT molecular complexity index is 524. The van der Waals surface area contributed by atoms with Crippen LogP contribution in [0.5, 0.6) is 17.2 Å². The lowest BCUT2D eigenvalue weighted by Gasteiger charge is -2.14. The highest BCUT2D eigenvalue weighted by atomic mass is 16.5. The van der Waals surface area contributed by atoms with Crippen LogP contribution in [-0.2, 0) is 6.54 Å². The van der Waals surface area contributed by atoms with Gasteiger partial charge in [-0.15, -0.1) is 0 Å².